The van der Waals surface area contributed by atoms with Crippen molar-refractivity contribution in [3.8, 4) is 0 Å². The molecule has 2 rings (SSSR count). The van der Waals surface area contributed by atoms with Gasteiger partial charge in [-0.2, -0.15) is 0 Å². The van der Waals surface area contributed by atoms with E-state index in [1.54, 1.807) is 17.4 Å². The van der Waals surface area contributed by atoms with Crippen LogP contribution in [0, 0.1) is 5.92 Å². The van der Waals surface area contributed by atoms with E-state index in [-0.39, 0.29) is 0 Å². The summed E-state index contributed by atoms with van der Waals surface area (Å²) in [5, 5.41) is 10.7. The molecule has 98 valence electrons. The quantitative estimate of drug-likeness (QED) is 0.851. The molecule has 3 nitrogen and oxygen atoms in total. The van der Waals surface area contributed by atoms with Crippen molar-refractivity contribution >= 4 is 23.4 Å². The summed E-state index contributed by atoms with van der Waals surface area (Å²) in [5.41, 5.74) is 1.04. The molecule has 0 amide bonds. The fourth-order valence-electron chi connectivity index (χ4n) is 2.58. The first kappa shape index (κ1) is 13.3. The molecule has 1 saturated heterocycles. The third kappa shape index (κ3) is 3.21. The molecule has 2 heterocycles. The lowest BCUT2D eigenvalue weighted by Gasteiger charge is -2.20. The fourth-order valence-corrected chi connectivity index (χ4v) is 3.47. The third-order valence-corrected chi connectivity index (χ3v) is 4.37. The molecular formula is C14H19NO2S. The van der Waals surface area contributed by atoms with E-state index in [4.69, 9.17) is 5.11 Å². The smallest absolute Gasteiger partial charge is 0.328 e. The lowest BCUT2D eigenvalue weighted by atomic mass is 10.1. The Morgan fingerprint density at radius 1 is 1.61 bits per heavy atom. The summed E-state index contributed by atoms with van der Waals surface area (Å²) in [7, 11) is 0. The standard InChI is InChI=1S/C14H19NO2S/c1-10-7-11(2)15(8-10)9-13-12(5-6-18-13)3-4-14(16)17/h3-6,10-11H,7-9H2,1-2H3,(H,16,17)/b4-3+. The lowest BCUT2D eigenvalue weighted by Crippen LogP contribution is -2.26. The number of rotatable bonds is 4. The van der Waals surface area contributed by atoms with Crippen molar-refractivity contribution in [2.75, 3.05) is 6.54 Å². The highest BCUT2D eigenvalue weighted by atomic mass is 32.1. The van der Waals surface area contributed by atoms with Crippen LogP contribution < -0.4 is 0 Å². The van der Waals surface area contributed by atoms with Gasteiger partial charge in [0.1, 0.15) is 0 Å². The zero-order valence-corrected chi connectivity index (χ0v) is 11.6. The van der Waals surface area contributed by atoms with Gasteiger partial charge < -0.3 is 5.11 Å². The molecule has 4 heteroatoms. The van der Waals surface area contributed by atoms with Crippen molar-refractivity contribution in [3.05, 3.63) is 28.0 Å². The summed E-state index contributed by atoms with van der Waals surface area (Å²) >= 11 is 1.71. The number of thiophene rings is 1. The van der Waals surface area contributed by atoms with Crippen LogP contribution in [0.3, 0.4) is 0 Å². The maximum absolute atomic E-state index is 10.6. The average Bonchev–Trinajstić information content (AvgIpc) is 2.84. The van der Waals surface area contributed by atoms with Gasteiger partial charge in [0.2, 0.25) is 0 Å². The molecular weight excluding hydrogens is 246 g/mol. The van der Waals surface area contributed by atoms with Crippen LogP contribution in [0.25, 0.3) is 6.08 Å². The maximum Gasteiger partial charge on any atom is 0.328 e. The molecule has 1 aliphatic rings. The molecule has 0 spiro atoms. The summed E-state index contributed by atoms with van der Waals surface area (Å²) in [6.45, 7) is 6.63. The van der Waals surface area contributed by atoms with E-state index in [9.17, 15) is 4.79 Å². The van der Waals surface area contributed by atoms with Gasteiger partial charge in [-0.05, 0) is 42.3 Å². The summed E-state index contributed by atoms with van der Waals surface area (Å²) in [6, 6.07) is 2.61. The zero-order valence-electron chi connectivity index (χ0n) is 10.8. The van der Waals surface area contributed by atoms with Crippen molar-refractivity contribution < 1.29 is 9.90 Å². The summed E-state index contributed by atoms with van der Waals surface area (Å²) < 4.78 is 0. The molecule has 0 radical (unpaired) electrons. The van der Waals surface area contributed by atoms with Crippen molar-refractivity contribution in [1.82, 2.24) is 4.90 Å². The Bertz CT molecular complexity index is 452. The van der Waals surface area contributed by atoms with Gasteiger partial charge in [0.05, 0.1) is 0 Å². The number of hydrogen-bond donors (Lipinski definition) is 1. The Balaban J connectivity index is 2.06. The second-order valence-electron chi connectivity index (χ2n) is 5.09. The van der Waals surface area contributed by atoms with Crippen LogP contribution in [-0.2, 0) is 11.3 Å². The maximum atomic E-state index is 10.6. The minimum atomic E-state index is -0.893. The van der Waals surface area contributed by atoms with Gasteiger partial charge in [-0.3, -0.25) is 4.90 Å². The predicted molar refractivity (Wildman–Crippen MR) is 74.6 cm³/mol. The Morgan fingerprint density at radius 2 is 2.39 bits per heavy atom. The molecule has 1 aliphatic heterocycles. The van der Waals surface area contributed by atoms with Crippen LogP contribution in [0.4, 0.5) is 0 Å². The topological polar surface area (TPSA) is 40.5 Å². The van der Waals surface area contributed by atoms with E-state index >= 15 is 0 Å². The van der Waals surface area contributed by atoms with Crippen LogP contribution >= 0.6 is 11.3 Å². The predicted octanol–water partition coefficient (Wildman–Crippen LogP) is 3.08. The van der Waals surface area contributed by atoms with E-state index < -0.39 is 5.97 Å². The van der Waals surface area contributed by atoms with E-state index in [2.05, 4.69) is 18.7 Å². The highest BCUT2D eigenvalue weighted by molar-refractivity contribution is 7.10. The molecule has 0 bridgehead atoms. The fraction of sp³-hybridized carbons (Fsp3) is 0.500. The van der Waals surface area contributed by atoms with Crippen LogP contribution in [0.5, 0.6) is 0 Å². The monoisotopic (exact) mass is 265 g/mol. The minimum Gasteiger partial charge on any atom is -0.478 e. The number of hydrogen-bond acceptors (Lipinski definition) is 3. The van der Waals surface area contributed by atoms with Gasteiger partial charge in [0.15, 0.2) is 0 Å². The Kier molecular flexibility index (Phi) is 4.19. The normalized spacial score (nSPS) is 25.0. The van der Waals surface area contributed by atoms with Gasteiger partial charge in [-0.1, -0.05) is 6.92 Å². The third-order valence-electron chi connectivity index (χ3n) is 3.45. The van der Waals surface area contributed by atoms with Crippen LogP contribution in [-0.4, -0.2) is 28.6 Å². The highest BCUT2D eigenvalue weighted by Crippen LogP contribution is 2.27. The molecule has 2 unspecified atom stereocenters. The Morgan fingerprint density at radius 3 is 3.00 bits per heavy atom. The van der Waals surface area contributed by atoms with Gasteiger partial charge in [-0.15, -0.1) is 11.3 Å². The van der Waals surface area contributed by atoms with Gasteiger partial charge >= 0.3 is 5.97 Å². The molecule has 0 aromatic carbocycles. The summed E-state index contributed by atoms with van der Waals surface area (Å²) in [4.78, 5) is 14.3. The van der Waals surface area contributed by atoms with Crippen LogP contribution in [0.2, 0.25) is 0 Å². The number of nitrogens with zero attached hydrogens (tertiary/aromatic N) is 1. The SMILES string of the molecule is CC1CC(C)N(Cc2sccc2/C=C/C(=O)O)C1. The molecule has 0 aliphatic carbocycles. The van der Waals surface area contributed by atoms with Crippen LogP contribution in [0.1, 0.15) is 30.7 Å². The minimum absolute atomic E-state index is 0.624. The Hall–Kier alpha value is -1.13. The second kappa shape index (κ2) is 5.67. The first-order valence-electron chi connectivity index (χ1n) is 6.27. The molecule has 0 saturated carbocycles. The van der Waals surface area contributed by atoms with E-state index in [1.165, 1.54) is 17.4 Å². The van der Waals surface area contributed by atoms with Crippen LogP contribution in [0.15, 0.2) is 17.5 Å². The molecule has 18 heavy (non-hydrogen) atoms. The average molecular weight is 265 g/mol. The van der Waals surface area contributed by atoms with Crippen molar-refractivity contribution in [2.45, 2.75) is 32.9 Å². The summed E-state index contributed by atoms with van der Waals surface area (Å²) in [6.07, 6.45) is 4.16. The number of carboxylic acids is 1. The lowest BCUT2D eigenvalue weighted by molar-refractivity contribution is -0.131. The first-order valence-corrected chi connectivity index (χ1v) is 7.15. The number of aliphatic carboxylic acids is 1. The number of likely N-dealkylation sites (tertiary alicyclic amines) is 1. The molecule has 1 fully saturated rings. The highest BCUT2D eigenvalue weighted by Gasteiger charge is 2.26. The van der Waals surface area contributed by atoms with E-state index in [1.807, 2.05) is 11.4 Å². The van der Waals surface area contributed by atoms with Crippen molar-refractivity contribution in [1.29, 1.82) is 0 Å². The summed E-state index contributed by atoms with van der Waals surface area (Å²) in [5.74, 6) is -0.131. The van der Waals surface area contributed by atoms with Gasteiger partial charge in [0, 0.05) is 30.1 Å². The molecule has 1 N–H and O–H groups in total. The van der Waals surface area contributed by atoms with Crippen molar-refractivity contribution in [3.63, 3.8) is 0 Å². The Labute approximate surface area is 112 Å². The van der Waals surface area contributed by atoms with Gasteiger partial charge in [-0.25, -0.2) is 4.79 Å². The second-order valence-corrected chi connectivity index (χ2v) is 6.09. The number of carboxylic acid groups (broad SMARTS) is 1. The molecule has 1 aromatic rings. The largest absolute Gasteiger partial charge is 0.478 e. The van der Waals surface area contributed by atoms with E-state index in [0.717, 1.165) is 24.6 Å². The van der Waals surface area contributed by atoms with Gasteiger partial charge in [0.25, 0.3) is 0 Å². The zero-order chi connectivity index (χ0) is 13.1. The van der Waals surface area contributed by atoms with E-state index in [0.29, 0.717) is 6.04 Å². The molecule has 2 atom stereocenters. The molecule has 1 aromatic heterocycles. The van der Waals surface area contributed by atoms with Crippen molar-refractivity contribution in [2.24, 2.45) is 5.92 Å². The first-order chi connectivity index (χ1) is 8.56. The number of carbonyl (C=O) groups is 1.